The molecule has 0 bridgehead atoms. The minimum Gasteiger partial charge on any atom is -0.744 e. The van der Waals surface area contributed by atoms with Crippen molar-refractivity contribution in [2.45, 2.75) is 89.0 Å². The summed E-state index contributed by atoms with van der Waals surface area (Å²) in [7, 11) is -3.08. The molecule has 2 amide bonds. The maximum absolute atomic E-state index is 12.5. The van der Waals surface area contributed by atoms with Crippen molar-refractivity contribution in [3.8, 4) is 5.75 Å². The molecule has 3 aromatic carbocycles. The van der Waals surface area contributed by atoms with E-state index in [0.29, 0.717) is 114 Å². The van der Waals surface area contributed by atoms with E-state index >= 15 is 0 Å². The molecule has 0 atom stereocenters. The second-order valence-electron chi connectivity index (χ2n) is 19.0. The molecule has 0 aromatic heterocycles. The molecule has 0 aliphatic carbocycles. The van der Waals surface area contributed by atoms with Gasteiger partial charge in [0.1, 0.15) is 28.2 Å². The molecule has 1 fully saturated rings. The number of fused-ring (bicyclic) bond motifs is 3. The van der Waals surface area contributed by atoms with Gasteiger partial charge in [0.25, 0.3) is 11.8 Å². The minimum absolute atomic E-state index is 0.0256. The molecule has 4 aliphatic rings. The first kappa shape index (κ1) is 54.0. The van der Waals surface area contributed by atoms with E-state index < -0.39 is 33.3 Å². The molecule has 0 N–H and O–H groups in total. The van der Waals surface area contributed by atoms with Gasteiger partial charge in [-0.1, -0.05) is 48.6 Å². The molecule has 0 radical (unpaired) electrons. The molecule has 0 unspecified atom stereocenters. The molecule has 3 aromatic rings. The number of carbonyl (C=O) groups excluding carboxylic acids is 3. The first-order valence-corrected chi connectivity index (χ1v) is 26.0. The third kappa shape index (κ3) is 13.2. The van der Waals surface area contributed by atoms with Crippen LogP contribution >= 0.6 is 0 Å². The fourth-order valence-electron chi connectivity index (χ4n) is 9.45. The molecule has 16 nitrogen and oxygen atoms in total. The highest BCUT2D eigenvalue weighted by Crippen LogP contribution is 2.47. The smallest absolute Gasteiger partial charge is 0.333 e. The molecular formula is C55H67N3O13S. The Balaban J connectivity index is 1.10. The number of unbranched alkanes of at least 4 members (excludes halogenated alkanes) is 2. The van der Waals surface area contributed by atoms with Crippen LogP contribution in [0.3, 0.4) is 0 Å². The molecule has 386 valence electrons. The molecule has 0 spiro atoms. The van der Waals surface area contributed by atoms with Gasteiger partial charge in [0.15, 0.2) is 5.71 Å². The zero-order valence-corrected chi connectivity index (χ0v) is 43.1. The Morgan fingerprint density at radius 1 is 0.819 bits per heavy atom. The number of amides is 2. The highest BCUT2D eigenvalue weighted by molar-refractivity contribution is 7.85. The maximum atomic E-state index is 12.5. The van der Waals surface area contributed by atoms with Crippen molar-refractivity contribution in [1.82, 2.24) is 5.06 Å². The summed E-state index contributed by atoms with van der Waals surface area (Å²) in [5.41, 5.74) is 7.37. The molecule has 4 heterocycles. The summed E-state index contributed by atoms with van der Waals surface area (Å²) in [4.78, 5) is 43.4. The number of benzene rings is 3. The van der Waals surface area contributed by atoms with Gasteiger partial charge in [-0.3, -0.25) is 9.59 Å². The van der Waals surface area contributed by atoms with Gasteiger partial charge in [-0.05, 0) is 82.9 Å². The lowest BCUT2D eigenvalue weighted by Crippen LogP contribution is -2.46. The number of ether oxygens (including phenoxy) is 6. The number of imide groups is 1. The number of anilines is 1. The van der Waals surface area contributed by atoms with Gasteiger partial charge < -0.3 is 42.7 Å². The highest BCUT2D eigenvalue weighted by atomic mass is 32.2. The SMILES string of the molecule is COCCOCCOCCOCCOCCN1c2cc3c(cc2C(C)=CC1(C)C)/C(=C/C=C/C1=[N+](CCCCCC(=O)ON2C(=O)CCC2=O)c2ccc(S(=O)(=O)[O-])cc2C1(C)C)C=C(c1ccccc1)O3. The minimum atomic E-state index is -4.72. The van der Waals surface area contributed by atoms with Crippen molar-refractivity contribution in [2.75, 3.05) is 84.6 Å². The van der Waals surface area contributed by atoms with E-state index in [4.69, 9.17) is 33.3 Å². The predicted molar refractivity (Wildman–Crippen MR) is 272 cm³/mol. The molecular weight excluding hydrogens is 943 g/mol. The first-order valence-electron chi connectivity index (χ1n) is 24.6. The van der Waals surface area contributed by atoms with Crippen LogP contribution in [-0.4, -0.2) is 131 Å². The number of hydroxylamine groups is 2. The Labute approximate surface area is 423 Å². The number of allylic oxidation sites excluding steroid dienone is 6. The van der Waals surface area contributed by atoms with Gasteiger partial charge in [-0.25, -0.2) is 13.2 Å². The third-order valence-electron chi connectivity index (χ3n) is 13.1. The Morgan fingerprint density at radius 3 is 2.12 bits per heavy atom. The van der Waals surface area contributed by atoms with Crippen LogP contribution in [0.2, 0.25) is 0 Å². The van der Waals surface area contributed by atoms with E-state index in [0.717, 1.165) is 44.9 Å². The maximum Gasteiger partial charge on any atom is 0.333 e. The van der Waals surface area contributed by atoms with Crippen molar-refractivity contribution in [3.05, 3.63) is 113 Å². The summed E-state index contributed by atoms with van der Waals surface area (Å²) in [6.45, 7) is 16.1. The van der Waals surface area contributed by atoms with E-state index in [1.165, 1.54) is 12.1 Å². The second-order valence-corrected chi connectivity index (χ2v) is 20.4. The fourth-order valence-corrected chi connectivity index (χ4v) is 9.94. The normalized spacial score (nSPS) is 17.6. The van der Waals surface area contributed by atoms with Gasteiger partial charge >= 0.3 is 5.97 Å². The fraction of sp³-hybridized carbons (Fsp3) is 0.455. The van der Waals surface area contributed by atoms with Crippen molar-refractivity contribution < 1.29 is 65.2 Å². The van der Waals surface area contributed by atoms with E-state index in [2.05, 4.69) is 54.5 Å². The number of hydrogen-bond acceptors (Lipinski definition) is 14. The Bertz CT molecular complexity index is 2720. The molecule has 0 saturated carbocycles. The number of carbonyl (C=O) groups is 3. The Hall–Kier alpha value is -5.79. The van der Waals surface area contributed by atoms with Gasteiger partial charge in [0.2, 0.25) is 5.69 Å². The lowest BCUT2D eigenvalue weighted by atomic mass is 9.81. The van der Waals surface area contributed by atoms with Crippen LogP contribution in [0.15, 0.2) is 95.9 Å². The predicted octanol–water partition coefficient (Wildman–Crippen LogP) is 7.92. The standard InChI is InChI=1S/C55H67N3O13S/c1-39-38-54(2,3)57(24-25-66-28-29-68-32-33-69-31-30-67-27-26-65-6)47-37-49-44(36-43(39)47)41(34-48(70-49)40-14-9-7-10-15-40)16-13-17-50-55(4,5)45-35-42(72(62,63)64)19-20-46(45)56(50)23-12-8-11-18-53(61)71-58-51(59)21-22-52(58)60/h7,9-10,13-17,19-20,34-38H,8,11-12,18,21-33H2,1-6H3. The lowest BCUT2D eigenvalue weighted by molar-refractivity contribution is -0.438. The van der Waals surface area contributed by atoms with Gasteiger partial charge in [-0.15, -0.1) is 5.06 Å². The molecule has 17 heteroatoms. The second kappa shape index (κ2) is 24.3. The number of methoxy groups -OCH3 is 1. The molecule has 4 aliphatic heterocycles. The zero-order valence-electron chi connectivity index (χ0n) is 42.2. The van der Waals surface area contributed by atoms with Crippen LogP contribution in [0, 0.1) is 0 Å². The topological polar surface area (TPSA) is 183 Å². The largest absolute Gasteiger partial charge is 0.744 e. The Kier molecular flexibility index (Phi) is 18.2. The summed E-state index contributed by atoms with van der Waals surface area (Å²) >= 11 is 0. The van der Waals surface area contributed by atoms with Crippen LogP contribution in [0.5, 0.6) is 5.75 Å². The third-order valence-corrected chi connectivity index (χ3v) is 13.9. The van der Waals surface area contributed by atoms with Crippen molar-refractivity contribution in [2.24, 2.45) is 0 Å². The number of nitrogens with zero attached hydrogens (tertiary/aromatic N) is 3. The van der Waals surface area contributed by atoms with E-state index in [9.17, 15) is 27.4 Å². The van der Waals surface area contributed by atoms with Crippen LogP contribution in [0.4, 0.5) is 11.4 Å². The summed E-state index contributed by atoms with van der Waals surface area (Å²) in [5.74, 6) is -0.292. The summed E-state index contributed by atoms with van der Waals surface area (Å²) in [6.07, 6.45) is 12.2. The summed E-state index contributed by atoms with van der Waals surface area (Å²) in [6, 6.07) is 18.8. The number of hydrogen-bond donors (Lipinski definition) is 0. The van der Waals surface area contributed by atoms with Crippen molar-refractivity contribution in [3.63, 3.8) is 0 Å². The molecule has 7 rings (SSSR count). The van der Waals surface area contributed by atoms with E-state index in [1.54, 1.807) is 13.2 Å². The highest BCUT2D eigenvalue weighted by Gasteiger charge is 2.44. The van der Waals surface area contributed by atoms with Crippen molar-refractivity contribution in [1.29, 1.82) is 0 Å². The van der Waals surface area contributed by atoms with Crippen LogP contribution in [-0.2, 0) is 58.4 Å². The van der Waals surface area contributed by atoms with E-state index in [1.807, 2.05) is 62.4 Å². The number of rotatable bonds is 26. The van der Waals surface area contributed by atoms with Crippen LogP contribution in [0.1, 0.15) is 95.4 Å². The van der Waals surface area contributed by atoms with E-state index in [-0.39, 0.29) is 29.7 Å². The molecule has 72 heavy (non-hydrogen) atoms. The monoisotopic (exact) mass is 1010 g/mol. The van der Waals surface area contributed by atoms with Gasteiger partial charge in [0.05, 0.1) is 75.3 Å². The summed E-state index contributed by atoms with van der Waals surface area (Å²) < 4.78 is 73.3. The lowest BCUT2D eigenvalue weighted by Gasteiger charge is -2.44. The first-order chi connectivity index (χ1) is 34.5. The zero-order chi connectivity index (χ0) is 51.5. The average Bonchev–Trinajstić information content (AvgIpc) is 3.77. The quantitative estimate of drug-likeness (QED) is 0.0327. The van der Waals surface area contributed by atoms with Gasteiger partial charge in [-0.2, -0.15) is 4.58 Å². The average molecular weight is 1010 g/mol. The van der Waals surface area contributed by atoms with Gasteiger partial charge in [0, 0.05) is 85.5 Å². The summed E-state index contributed by atoms with van der Waals surface area (Å²) in [5, 5.41) is 0.560. The Morgan fingerprint density at radius 2 is 1.47 bits per heavy atom. The van der Waals surface area contributed by atoms with Crippen LogP contribution < -0.4 is 9.64 Å². The molecule has 1 saturated heterocycles. The van der Waals surface area contributed by atoms with Crippen LogP contribution in [0.25, 0.3) is 16.9 Å². The van der Waals surface area contributed by atoms with Crippen molar-refractivity contribution >= 4 is 61.9 Å².